The first-order chi connectivity index (χ1) is 17.8. The predicted octanol–water partition coefficient (Wildman–Crippen LogP) is 6.87. The Balaban J connectivity index is 1.39. The number of amides is 1. The molecule has 3 aromatic rings. The summed E-state index contributed by atoms with van der Waals surface area (Å²) in [4.78, 5) is 30.0. The molecule has 37 heavy (non-hydrogen) atoms. The van der Waals surface area contributed by atoms with E-state index in [0.717, 1.165) is 46.7 Å². The smallest absolute Gasteiger partial charge is 0.408 e. The van der Waals surface area contributed by atoms with Crippen molar-refractivity contribution in [3.05, 3.63) is 69.7 Å². The number of nitrogens with zero attached hydrogens (tertiary/aromatic N) is 1. The van der Waals surface area contributed by atoms with E-state index in [-0.39, 0.29) is 30.6 Å². The highest BCUT2D eigenvalue weighted by Gasteiger charge is 2.29. The average molecular weight is 543 g/mol. The number of benzene rings is 1. The molecule has 0 spiro atoms. The van der Waals surface area contributed by atoms with Crippen LogP contribution in [0.15, 0.2) is 48.5 Å². The van der Waals surface area contributed by atoms with Crippen LogP contribution in [0.25, 0.3) is 10.6 Å². The van der Waals surface area contributed by atoms with Gasteiger partial charge in [-0.3, -0.25) is 4.79 Å². The molecule has 2 heterocycles. The van der Waals surface area contributed by atoms with Gasteiger partial charge < -0.3 is 19.5 Å². The summed E-state index contributed by atoms with van der Waals surface area (Å²) in [5.41, 5.74) is 3.28. The molecule has 9 heteroatoms. The molecule has 2 aromatic heterocycles. The lowest BCUT2D eigenvalue weighted by atomic mass is 9.87. The van der Waals surface area contributed by atoms with Gasteiger partial charge in [-0.1, -0.05) is 41.9 Å². The van der Waals surface area contributed by atoms with Crippen molar-refractivity contribution in [2.24, 2.45) is 5.92 Å². The number of ether oxygens (including phenoxy) is 3. The van der Waals surface area contributed by atoms with E-state index in [1.807, 2.05) is 62.4 Å². The third kappa shape index (κ3) is 7.02. The number of thiophene rings is 1. The first-order valence-electron chi connectivity index (χ1n) is 12.3. The Labute approximate surface area is 226 Å². The van der Waals surface area contributed by atoms with Gasteiger partial charge in [0, 0.05) is 6.54 Å². The van der Waals surface area contributed by atoms with Gasteiger partial charge in [0.1, 0.15) is 11.9 Å². The van der Waals surface area contributed by atoms with E-state index in [9.17, 15) is 9.59 Å². The summed E-state index contributed by atoms with van der Waals surface area (Å²) in [6.45, 7) is 3.99. The van der Waals surface area contributed by atoms with Crippen LogP contribution in [-0.2, 0) is 20.8 Å². The van der Waals surface area contributed by atoms with Crippen LogP contribution in [0.4, 0.5) is 4.79 Å². The number of methoxy groups -OCH3 is 1. The molecule has 0 saturated heterocycles. The first kappa shape index (κ1) is 26.9. The lowest BCUT2D eigenvalue weighted by Gasteiger charge is -2.28. The van der Waals surface area contributed by atoms with Crippen molar-refractivity contribution in [2.45, 2.75) is 58.3 Å². The maximum atomic E-state index is 12.4. The number of halogens is 1. The van der Waals surface area contributed by atoms with Crippen LogP contribution in [-0.4, -0.2) is 30.3 Å². The van der Waals surface area contributed by atoms with E-state index < -0.39 is 6.09 Å². The predicted molar refractivity (Wildman–Crippen MR) is 144 cm³/mol. The van der Waals surface area contributed by atoms with Crippen LogP contribution >= 0.6 is 22.9 Å². The molecule has 1 amide bonds. The highest BCUT2D eigenvalue weighted by Crippen LogP contribution is 2.36. The van der Waals surface area contributed by atoms with E-state index >= 15 is 0 Å². The van der Waals surface area contributed by atoms with Crippen LogP contribution < -0.4 is 10.1 Å². The molecular formula is C28H31ClN2O5S. The second-order valence-electron chi connectivity index (χ2n) is 9.12. The zero-order chi connectivity index (χ0) is 26.4. The normalized spacial score (nSPS) is 18.1. The Hall–Kier alpha value is -3.10. The van der Waals surface area contributed by atoms with Crippen molar-refractivity contribution in [3.8, 4) is 16.3 Å². The fraction of sp³-hybridized carbons (Fsp3) is 0.393. The quantitative estimate of drug-likeness (QED) is 0.312. The standard InChI is InChI=1S/C28H31ClN2O5S/c1-17-24(36-22-11-7-10-20(14-22)27(32)34-3)13-12-23(31-17)26-21(15-25(29)37-26)16-30-28(33)35-18(2)19-8-5-4-6-9-19/h4-6,8-9,12-13,15,18,20,22H,7,10-11,14,16H2,1-3H3,(H,30,33)/t18-,20+,22+/m1/s1. The van der Waals surface area contributed by atoms with Gasteiger partial charge in [-0.2, -0.15) is 0 Å². The number of alkyl carbamates (subject to hydrolysis) is 1. The van der Waals surface area contributed by atoms with Crippen molar-refractivity contribution in [1.82, 2.24) is 10.3 Å². The maximum absolute atomic E-state index is 12.4. The molecule has 1 fully saturated rings. The number of rotatable bonds is 8. The molecule has 0 radical (unpaired) electrons. The molecule has 0 bridgehead atoms. The fourth-order valence-electron chi connectivity index (χ4n) is 4.52. The molecule has 3 atom stereocenters. The minimum Gasteiger partial charge on any atom is -0.489 e. The number of nitrogens with one attached hydrogen (secondary N) is 1. The molecule has 1 saturated carbocycles. The Morgan fingerprint density at radius 3 is 2.70 bits per heavy atom. The molecule has 7 nitrogen and oxygen atoms in total. The number of carbonyl (C=O) groups excluding carboxylic acids is 2. The number of esters is 1. The summed E-state index contributed by atoms with van der Waals surface area (Å²) in [6.07, 6.45) is 2.37. The van der Waals surface area contributed by atoms with Gasteiger partial charge in [0.2, 0.25) is 0 Å². The number of aryl methyl sites for hydroxylation is 1. The third-order valence-corrected chi connectivity index (χ3v) is 7.81. The van der Waals surface area contributed by atoms with E-state index in [0.29, 0.717) is 16.5 Å². The van der Waals surface area contributed by atoms with Gasteiger partial charge in [0.15, 0.2) is 0 Å². The molecular weight excluding hydrogens is 512 g/mol. The fourth-order valence-corrected chi connectivity index (χ4v) is 5.76. The van der Waals surface area contributed by atoms with Crippen molar-refractivity contribution < 1.29 is 23.8 Å². The summed E-state index contributed by atoms with van der Waals surface area (Å²) in [5.74, 6) is 0.398. The number of carbonyl (C=O) groups is 2. The molecule has 1 aromatic carbocycles. The van der Waals surface area contributed by atoms with Gasteiger partial charge in [0.25, 0.3) is 0 Å². The molecule has 196 valence electrons. The van der Waals surface area contributed by atoms with Gasteiger partial charge in [0.05, 0.1) is 39.7 Å². The number of aromatic nitrogens is 1. The highest BCUT2D eigenvalue weighted by molar-refractivity contribution is 7.19. The second-order valence-corrected chi connectivity index (χ2v) is 10.8. The topological polar surface area (TPSA) is 86.8 Å². The van der Waals surface area contributed by atoms with E-state index in [4.69, 9.17) is 30.8 Å². The van der Waals surface area contributed by atoms with Crippen molar-refractivity contribution >= 4 is 35.0 Å². The average Bonchev–Trinajstić information content (AvgIpc) is 3.29. The van der Waals surface area contributed by atoms with Crippen molar-refractivity contribution in [1.29, 1.82) is 0 Å². The third-order valence-electron chi connectivity index (χ3n) is 6.48. The minimum atomic E-state index is -0.504. The van der Waals surface area contributed by atoms with Crippen LogP contribution in [0, 0.1) is 12.8 Å². The zero-order valence-corrected chi connectivity index (χ0v) is 22.7. The molecule has 0 unspecified atom stereocenters. The van der Waals surface area contributed by atoms with Gasteiger partial charge in [-0.25, -0.2) is 9.78 Å². The zero-order valence-electron chi connectivity index (χ0n) is 21.2. The largest absolute Gasteiger partial charge is 0.489 e. The summed E-state index contributed by atoms with van der Waals surface area (Å²) >= 11 is 7.74. The minimum absolute atomic E-state index is 0.0515. The summed E-state index contributed by atoms with van der Waals surface area (Å²) in [6, 6.07) is 15.2. The Morgan fingerprint density at radius 2 is 1.97 bits per heavy atom. The van der Waals surface area contributed by atoms with Gasteiger partial charge in [-0.05, 0) is 68.9 Å². The van der Waals surface area contributed by atoms with Gasteiger partial charge in [-0.15, -0.1) is 11.3 Å². The molecule has 0 aliphatic heterocycles. The lowest BCUT2D eigenvalue weighted by molar-refractivity contribution is -0.147. The van der Waals surface area contributed by atoms with Crippen molar-refractivity contribution in [2.75, 3.05) is 7.11 Å². The van der Waals surface area contributed by atoms with Gasteiger partial charge >= 0.3 is 12.1 Å². The van der Waals surface area contributed by atoms with Crippen LogP contribution in [0.1, 0.15) is 55.5 Å². The van der Waals surface area contributed by atoms with Crippen LogP contribution in [0.3, 0.4) is 0 Å². The Kier molecular flexibility index (Phi) is 9.05. The highest BCUT2D eigenvalue weighted by atomic mass is 35.5. The SMILES string of the molecule is COC(=O)[C@H]1CCC[C@H](Oc2ccc(-c3sc(Cl)cc3CNC(=O)O[C@H](C)c3ccccc3)nc2C)C1. The first-order valence-corrected chi connectivity index (χ1v) is 13.5. The van der Waals surface area contributed by atoms with Crippen LogP contribution in [0.5, 0.6) is 5.75 Å². The van der Waals surface area contributed by atoms with E-state index in [2.05, 4.69) is 5.32 Å². The van der Waals surface area contributed by atoms with Crippen LogP contribution in [0.2, 0.25) is 4.34 Å². The maximum Gasteiger partial charge on any atom is 0.408 e. The summed E-state index contributed by atoms with van der Waals surface area (Å²) in [7, 11) is 1.42. The monoisotopic (exact) mass is 542 g/mol. The molecule has 1 N–H and O–H groups in total. The number of hydrogen-bond donors (Lipinski definition) is 1. The molecule has 1 aliphatic carbocycles. The summed E-state index contributed by atoms with van der Waals surface area (Å²) in [5, 5.41) is 2.82. The van der Waals surface area contributed by atoms with E-state index in [1.165, 1.54) is 18.4 Å². The lowest BCUT2D eigenvalue weighted by Crippen LogP contribution is -2.30. The molecule has 4 rings (SSSR count). The molecule has 1 aliphatic rings. The number of pyridine rings is 1. The Morgan fingerprint density at radius 1 is 1.19 bits per heavy atom. The van der Waals surface area contributed by atoms with Crippen molar-refractivity contribution in [3.63, 3.8) is 0 Å². The second kappa shape index (κ2) is 12.4. The summed E-state index contributed by atoms with van der Waals surface area (Å²) < 4.78 is 17.2. The number of hydrogen-bond acceptors (Lipinski definition) is 7. The van der Waals surface area contributed by atoms with E-state index in [1.54, 1.807) is 0 Å². The Bertz CT molecular complexity index is 1230.